The van der Waals surface area contributed by atoms with E-state index in [1.807, 2.05) is 85.8 Å². The molecular weight excluding hydrogens is 1160 g/mol. The van der Waals surface area contributed by atoms with Gasteiger partial charge in [0.15, 0.2) is 0 Å². The van der Waals surface area contributed by atoms with Crippen molar-refractivity contribution in [3.05, 3.63) is 144 Å². The van der Waals surface area contributed by atoms with Crippen LogP contribution in [0.1, 0.15) is 95.3 Å². The van der Waals surface area contributed by atoms with Crippen molar-refractivity contribution in [1.82, 2.24) is 72.4 Å². The van der Waals surface area contributed by atoms with Gasteiger partial charge in [0.2, 0.25) is 47.3 Å². The number of imidazole rings is 2. The monoisotopic (exact) mass is 1250 g/mol. The fourth-order valence-corrected chi connectivity index (χ4v) is 10.7. The second-order valence-corrected chi connectivity index (χ2v) is 23.7. The number of nitrogens with two attached hydrogens (primary N) is 2. The van der Waals surface area contributed by atoms with Crippen molar-refractivity contribution in [2.75, 3.05) is 6.54 Å². The maximum absolute atomic E-state index is 15.2. The minimum Gasteiger partial charge on any atom is -0.480 e. The van der Waals surface area contributed by atoms with E-state index in [-0.39, 0.29) is 45.1 Å². The second kappa shape index (κ2) is 33.2. The minimum absolute atomic E-state index is 0.0354. The van der Waals surface area contributed by atoms with Crippen LogP contribution in [0, 0.1) is 17.8 Å². The Morgan fingerprint density at radius 1 is 0.473 bits per heavy atom. The van der Waals surface area contributed by atoms with Crippen LogP contribution in [0.25, 0.3) is 21.8 Å². The van der Waals surface area contributed by atoms with Crippen molar-refractivity contribution >= 4 is 75.0 Å². The lowest BCUT2D eigenvalue weighted by Crippen LogP contribution is -2.62. The second-order valence-electron chi connectivity index (χ2n) is 23.7. The molecule has 7 aromatic rings. The van der Waals surface area contributed by atoms with Gasteiger partial charge in [-0.3, -0.25) is 38.4 Å². The van der Waals surface area contributed by atoms with Gasteiger partial charge in [-0.15, -0.1) is 0 Å². The average Bonchev–Trinajstić information content (AvgIpc) is 1.84. The largest absolute Gasteiger partial charge is 0.480 e. The number of carbonyl (C=O) groups is 9. The molecule has 0 unspecified atom stereocenters. The van der Waals surface area contributed by atoms with Crippen LogP contribution in [0.3, 0.4) is 0 Å². The van der Waals surface area contributed by atoms with Crippen LogP contribution in [0.5, 0.6) is 0 Å². The third-order valence-electron chi connectivity index (χ3n) is 16.2. The highest BCUT2D eigenvalue weighted by Gasteiger charge is 2.38. The van der Waals surface area contributed by atoms with Crippen LogP contribution in [-0.2, 0) is 75.3 Å². The number of carboxylic acids is 1. The molecule has 0 bridgehead atoms. The van der Waals surface area contributed by atoms with Gasteiger partial charge in [0.25, 0.3) is 0 Å². The zero-order valence-corrected chi connectivity index (χ0v) is 52.1. The lowest BCUT2D eigenvalue weighted by atomic mass is 9.96. The van der Waals surface area contributed by atoms with E-state index >= 15 is 14.4 Å². The number of nitrogens with zero attached hydrogens (tertiary/aromatic N) is 2. The number of aromatic nitrogens is 6. The van der Waals surface area contributed by atoms with E-state index in [9.17, 15) is 33.9 Å². The first-order valence-corrected chi connectivity index (χ1v) is 30.8. The number of carbonyl (C=O) groups excluding carboxylic acids is 8. The standard InChI is InChI=1S/C65H86N16O10/c1-7-38(6)56(81-57(82)46(67)25-39-17-9-8-10-18-39)64(89)78-53(29-43-33-69-35-73-43)60(85)74-49(23-15-16-24-66)58(83)75-50(26-40-30-70-47-21-13-11-19-44(40)47)59(84)77-52(28-42-32-68-34-72-42)61(86)76-51(27-41-31-71-48-22-14-12-20-45(41)48)62(87)79-54(36(2)3)63(88)80-55(37(4)5)65(90)91/h8-14,17-22,30-38,46,49-56,70-71H,7,15-16,23-29,66-67H2,1-6H3,(H,68,72)(H,69,73)(H,74,85)(H,75,83)(H,76,86)(H,77,84)(H,78,89)(H,79,87)(H,80,88)(H,81,82)(H,90,91)/t38-,46-,49-,50-,51-,52-,53-,54-,55-,56-/m0/s1. The third kappa shape index (κ3) is 19.4. The number of aliphatic carboxylic acids is 1. The number of H-pyrrole nitrogens is 4. The Kier molecular flexibility index (Phi) is 25.1. The van der Waals surface area contributed by atoms with E-state index in [2.05, 4.69) is 72.4 Å². The molecule has 7 rings (SSSR count). The van der Waals surface area contributed by atoms with E-state index in [4.69, 9.17) is 11.5 Å². The maximum atomic E-state index is 15.2. The zero-order chi connectivity index (χ0) is 65.7. The van der Waals surface area contributed by atoms with Crippen LogP contribution in [0.4, 0.5) is 0 Å². The summed E-state index contributed by atoms with van der Waals surface area (Å²) in [5.74, 6) is -8.70. The molecule has 4 aromatic heterocycles. The smallest absolute Gasteiger partial charge is 0.326 e. The fraction of sp³-hybridized carbons (Fsp3) is 0.431. The summed E-state index contributed by atoms with van der Waals surface area (Å²) in [4.78, 5) is 149. The van der Waals surface area contributed by atoms with Crippen LogP contribution >= 0.6 is 0 Å². The molecule has 3 aromatic carbocycles. The molecule has 0 aliphatic heterocycles. The van der Waals surface area contributed by atoms with E-state index in [0.29, 0.717) is 41.8 Å². The lowest BCUT2D eigenvalue weighted by Gasteiger charge is -2.29. The number of rotatable bonds is 35. The highest BCUT2D eigenvalue weighted by atomic mass is 16.4. The number of fused-ring (bicyclic) bond motifs is 2. The Morgan fingerprint density at radius 3 is 1.35 bits per heavy atom. The SMILES string of the molecule is CC[C@H](C)[C@H](NC(=O)[C@@H](N)Cc1ccccc1)C(=O)N[C@@H](Cc1cnc[nH]1)C(=O)N[C@@H](CCCCN)C(=O)N[C@@H](Cc1c[nH]c2ccccc12)C(=O)N[C@@H](Cc1cnc[nH]1)C(=O)N[C@@H](Cc1c[nH]c2ccccc12)C(=O)N[C@H](C(=O)N[C@H](C(=O)O)C(C)C)C(C)C. The number of carboxylic acid groups (broad SMARTS) is 1. The van der Waals surface area contributed by atoms with E-state index in [1.54, 1.807) is 47.0 Å². The Balaban J connectivity index is 1.17. The number of hydrogen-bond acceptors (Lipinski definition) is 13. The Labute approximate surface area is 527 Å². The van der Waals surface area contributed by atoms with Gasteiger partial charge in [-0.2, -0.15) is 0 Å². The quantitative estimate of drug-likeness (QED) is 0.0254. The predicted molar refractivity (Wildman–Crippen MR) is 342 cm³/mol. The highest BCUT2D eigenvalue weighted by molar-refractivity contribution is 5.99. The van der Waals surface area contributed by atoms with Crippen LogP contribution < -0.4 is 54.0 Å². The lowest BCUT2D eigenvalue weighted by molar-refractivity contribution is -0.144. The van der Waals surface area contributed by atoms with Crippen LogP contribution in [-0.4, -0.2) is 149 Å². The molecule has 8 amide bonds. The predicted octanol–water partition coefficient (Wildman–Crippen LogP) is 2.39. The maximum Gasteiger partial charge on any atom is 0.326 e. The molecule has 0 aliphatic rings. The number of benzene rings is 3. The topological polar surface area (TPSA) is 411 Å². The number of para-hydroxylation sites is 2. The van der Waals surface area contributed by atoms with Gasteiger partial charge < -0.3 is 79.0 Å². The van der Waals surface area contributed by atoms with Gasteiger partial charge in [0.05, 0.1) is 18.7 Å². The van der Waals surface area contributed by atoms with Gasteiger partial charge in [-0.05, 0) is 78.8 Å². The number of hydrogen-bond donors (Lipinski definition) is 15. The summed E-state index contributed by atoms with van der Waals surface area (Å²) >= 11 is 0. The molecular formula is C65H86N16O10. The summed E-state index contributed by atoms with van der Waals surface area (Å²) in [5.41, 5.74) is 16.7. The first-order valence-electron chi connectivity index (χ1n) is 30.8. The van der Waals surface area contributed by atoms with Gasteiger partial charge in [0, 0.05) is 83.7 Å². The molecule has 0 aliphatic carbocycles. The summed E-state index contributed by atoms with van der Waals surface area (Å²) in [7, 11) is 0. The Hall–Kier alpha value is -9.69. The molecule has 91 heavy (non-hydrogen) atoms. The first-order chi connectivity index (χ1) is 43.6. The summed E-state index contributed by atoms with van der Waals surface area (Å²) in [6.45, 7) is 10.5. The number of nitrogens with one attached hydrogen (secondary N) is 12. The van der Waals surface area contributed by atoms with Gasteiger partial charge >= 0.3 is 5.97 Å². The van der Waals surface area contributed by atoms with Crippen molar-refractivity contribution < 1.29 is 48.3 Å². The van der Waals surface area contributed by atoms with E-state index < -0.39 is 125 Å². The number of amides is 8. The Morgan fingerprint density at radius 2 is 0.890 bits per heavy atom. The third-order valence-corrected chi connectivity index (χ3v) is 16.2. The molecule has 0 fully saturated rings. The fourth-order valence-electron chi connectivity index (χ4n) is 10.7. The Bertz CT molecular complexity index is 3550. The van der Waals surface area contributed by atoms with Crippen molar-refractivity contribution in [3.8, 4) is 0 Å². The van der Waals surface area contributed by atoms with Crippen molar-refractivity contribution in [2.45, 2.75) is 154 Å². The number of aromatic amines is 4. The van der Waals surface area contributed by atoms with E-state index in [0.717, 1.165) is 27.4 Å². The van der Waals surface area contributed by atoms with Crippen LogP contribution in [0.15, 0.2) is 116 Å². The molecule has 17 N–H and O–H groups in total. The average molecular weight is 1250 g/mol. The highest BCUT2D eigenvalue weighted by Crippen LogP contribution is 2.22. The van der Waals surface area contributed by atoms with Crippen molar-refractivity contribution in [2.24, 2.45) is 29.2 Å². The van der Waals surface area contributed by atoms with Crippen LogP contribution in [0.2, 0.25) is 0 Å². The molecule has 0 spiro atoms. The number of unbranched alkanes of at least 4 members (excludes halogenated alkanes) is 1. The van der Waals surface area contributed by atoms with Crippen molar-refractivity contribution in [1.29, 1.82) is 0 Å². The molecule has 26 heteroatoms. The van der Waals surface area contributed by atoms with Crippen molar-refractivity contribution in [3.63, 3.8) is 0 Å². The van der Waals surface area contributed by atoms with Gasteiger partial charge in [0.1, 0.15) is 48.3 Å². The van der Waals surface area contributed by atoms with E-state index in [1.165, 1.54) is 25.0 Å². The molecule has 10 atom stereocenters. The molecule has 26 nitrogen and oxygen atoms in total. The summed E-state index contributed by atoms with van der Waals surface area (Å²) in [6, 6.07) is 12.3. The summed E-state index contributed by atoms with van der Waals surface area (Å²) in [6.07, 6.45) is 10.1. The molecule has 4 heterocycles. The zero-order valence-electron chi connectivity index (χ0n) is 52.1. The van der Waals surface area contributed by atoms with Gasteiger partial charge in [-0.1, -0.05) is 115 Å². The van der Waals surface area contributed by atoms with Gasteiger partial charge in [-0.25, -0.2) is 14.8 Å². The summed E-state index contributed by atoms with van der Waals surface area (Å²) < 4.78 is 0. The molecule has 486 valence electrons. The summed E-state index contributed by atoms with van der Waals surface area (Å²) in [5, 5.41) is 33.7. The first kappa shape index (κ1) is 68.8. The minimum atomic E-state index is -1.46. The normalized spacial score (nSPS) is 14.8. The molecule has 0 radical (unpaired) electrons. The molecule has 0 saturated heterocycles. The molecule has 0 saturated carbocycles.